The van der Waals surface area contributed by atoms with Crippen LogP contribution in [0.15, 0.2) is 36.5 Å². The maximum atomic E-state index is 9.17. The second-order valence-electron chi connectivity index (χ2n) is 3.85. The van der Waals surface area contributed by atoms with Crippen LogP contribution in [0.3, 0.4) is 0 Å². The van der Waals surface area contributed by atoms with E-state index in [4.69, 9.17) is 10.00 Å². The fraction of sp³-hybridized carbons (Fsp3) is 0.0769. The Morgan fingerprint density at radius 1 is 1.33 bits per heavy atom. The first-order chi connectivity index (χ1) is 8.72. The minimum absolute atomic E-state index is 0.0240. The van der Waals surface area contributed by atoms with Gasteiger partial charge in [-0.1, -0.05) is 11.5 Å². The van der Waals surface area contributed by atoms with Crippen LogP contribution in [0.5, 0.6) is 11.6 Å². The Balaban J connectivity index is 2.20. The van der Waals surface area contributed by atoms with E-state index in [1.807, 2.05) is 26.0 Å². The Hall–Kier alpha value is -2.32. The lowest BCUT2D eigenvalue weighted by Gasteiger charge is -2.08. The molecule has 88 valence electrons. The predicted octanol–water partition coefficient (Wildman–Crippen LogP) is 0.496. The molecule has 18 heavy (non-hydrogen) atoms. The molecule has 1 N–H and O–H groups in total. The number of hydrogen-bond acceptors (Lipinski definition) is 4. The van der Waals surface area contributed by atoms with Gasteiger partial charge < -0.3 is 9.84 Å². The van der Waals surface area contributed by atoms with Gasteiger partial charge in [0.25, 0.3) is 0 Å². The van der Waals surface area contributed by atoms with Crippen molar-refractivity contribution in [3.05, 3.63) is 47.7 Å². The van der Waals surface area contributed by atoms with Gasteiger partial charge in [0.15, 0.2) is 0 Å². The van der Waals surface area contributed by atoms with Crippen molar-refractivity contribution in [3.8, 4) is 17.7 Å². The summed E-state index contributed by atoms with van der Waals surface area (Å²) in [7, 11) is 1.93. The van der Waals surface area contributed by atoms with Crippen molar-refractivity contribution in [1.82, 2.24) is 4.98 Å². The lowest BCUT2D eigenvalue weighted by molar-refractivity contribution is 0.282. The Kier molecular flexibility index (Phi) is 3.61. The average molecular weight is 238 g/mol. The first-order valence-electron chi connectivity index (χ1n) is 5.47. The smallest absolute Gasteiger partial charge is 0.219 e. The molecule has 0 radical (unpaired) electrons. The molecule has 0 aliphatic rings. The summed E-state index contributed by atoms with van der Waals surface area (Å²) in [6, 6.07) is 10.7. The fourth-order valence-corrected chi connectivity index (χ4v) is 1.51. The molecule has 0 bridgehead atoms. The van der Waals surface area contributed by atoms with Crippen molar-refractivity contribution in [3.63, 3.8) is 0 Å². The van der Waals surface area contributed by atoms with Gasteiger partial charge in [-0.15, -0.1) is 0 Å². The number of ether oxygens (including phenoxy) is 1. The molecule has 0 amide bonds. The first kappa shape index (κ1) is 12.2. The third-order valence-corrected chi connectivity index (χ3v) is 2.58. The third-order valence-electron chi connectivity index (χ3n) is 2.58. The molecule has 0 saturated heterocycles. The normalized spacial score (nSPS) is 9.78. The van der Waals surface area contributed by atoms with E-state index in [0.29, 0.717) is 17.2 Å². The average Bonchev–Trinajstić information content (AvgIpc) is 2.42. The highest BCUT2D eigenvalue weighted by molar-refractivity contribution is 6.33. The van der Waals surface area contributed by atoms with Gasteiger partial charge in [-0.3, -0.25) is 0 Å². The number of aliphatic hydroxyl groups excluding tert-OH is 1. The minimum Gasteiger partial charge on any atom is -0.439 e. The van der Waals surface area contributed by atoms with Gasteiger partial charge in [0.1, 0.15) is 19.7 Å². The van der Waals surface area contributed by atoms with Crippen molar-refractivity contribution in [2.75, 3.05) is 0 Å². The van der Waals surface area contributed by atoms with Crippen LogP contribution >= 0.6 is 0 Å². The summed E-state index contributed by atoms with van der Waals surface area (Å²) in [5, 5.41) is 17.8. The highest BCUT2D eigenvalue weighted by Gasteiger charge is 2.02. The Bertz CT molecular complexity index is 591. The summed E-state index contributed by atoms with van der Waals surface area (Å²) < 4.78 is 5.54. The second-order valence-corrected chi connectivity index (χ2v) is 3.85. The standard InChI is InChI=1S/C13H11BN2O2/c14-12-3-2-11(5-10(12)8-17)18-13-4-1-9(6-15)7-16-13/h1-5,7,17H,8,14H2. The number of aliphatic hydroxyl groups is 1. The number of aromatic nitrogens is 1. The summed E-state index contributed by atoms with van der Waals surface area (Å²) in [6.07, 6.45) is 1.45. The molecular weight excluding hydrogens is 227 g/mol. The summed E-state index contributed by atoms with van der Waals surface area (Å²) in [4.78, 5) is 4.02. The van der Waals surface area contributed by atoms with Gasteiger partial charge >= 0.3 is 0 Å². The number of hydrogen-bond donors (Lipinski definition) is 1. The second kappa shape index (κ2) is 5.34. The lowest BCUT2D eigenvalue weighted by Crippen LogP contribution is -2.09. The number of pyridine rings is 1. The van der Waals surface area contributed by atoms with Gasteiger partial charge in [0.2, 0.25) is 5.88 Å². The molecule has 1 heterocycles. The van der Waals surface area contributed by atoms with E-state index < -0.39 is 0 Å². The maximum absolute atomic E-state index is 9.17. The van der Waals surface area contributed by atoms with Crippen LogP contribution in [0.4, 0.5) is 0 Å². The quantitative estimate of drug-likeness (QED) is 0.790. The zero-order valence-electron chi connectivity index (χ0n) is 9.92. The molecular formula is C13H11BN2O2. The van der Waals surface area contributed by atoms with Crippen LogP contribution in [0.1, 0.15) is 11.1 Å². The van der Waals surface area contributed by atoms with Crippen molar-refractivity contribution in [2.24, 2.45) is 0 Å². The topological polar surface area (TPSA) is 66.1 Å². The van der Waals surface area contributed by atoms with Gasteiger partial charge in [-0.2, -0.15) is 5.26 Å². The number of benzene rings is 1. The van der Waals surface area contributed by atoms with Crippen LogP contribution in [0.25, 0.3) is 0 Å². The number of rotatable bonds is 3. The molecule has 1 aromatic heterocycles. The first-order valence-corrected chi connectivity index (χ1v) is 5.47. The molecule has 4 nitrogen and oxygen atoms in total. The molecule has 0 fully saturated rings. The van der Waals surface area contributed by atoms with E-state index in [9.17, 15) is 5.11 Å². The largest absolute Gasteiger partial charge is 0.439 e. The van der Waals surface area contributed by atoms with Crippen LogP contribution in [-0.4, -0.2) is 17.9 Å². The van der Waals surface area contributed by atoms with Crippen LogP contribution in [-0.2, 0) is 6.61 Å². The zero-order chi connectivity index (χ0) is 13.0. The van der Waals surface area contributed by atoms with Gasteiger partial charge in [0, 0.05) is 12.3 Å². The van der Waals surface area contributed by atoms with Crippen molar-refractivity contribution in [2.45, 2.75) is 6.61 Å². The van der Waals surface area contributed by atoms with Crippen LogP contribution in [0.2, 0.25) is 0 Å². The Labute approximate surface area is 106 Å². The van der Waals surface area contributed by atoms with E-state index >= 15 is 0 Å². The van der Waals surface area contributed by atoms with Crippen molar-refractivity contribution >= 4 is 13.3 Å². The van der Waals surface area contributed by atoms with Crippen molar-refractivity contribution in [1.29, 1.82) is 5.26 Å². The van der Waals surface area contributed by atoms with Gasteiger partial charge in [-0.05, 0) is 23.8 Å². The van der Waals surface area contributed by atoms with Crippen molar-refractivity contribution < 1.29 is 9.84 Å². The molecule has 0 saturated carbocycles. The van der Waals surface area contributed by atoms with E-state index in [2.05, 4.69) is 4.98 Å². The summed E-state index contributed by atoms with van der Waals surface area (Å²) >= 11 is 0. The summed E-state index contributed by atoms with van der Waals surface area (Å²) in [5.74, 6) is 1.03. The zero-order valence-corrected chi connectivity index (χ0v) is 9.92. The number of nitrogens with zero attached hydrogens (tertiary/aromatic N) is 2. The third kappa shape index (κ3) is 2.68. The van der Waals surface area contributed by atoms with E-state index in [0.717, 1.165) is 11.0 Å². The predicted molar refractivity (Wildman–Crippen MR) is 69.6 cm³/mol. The molecule has 2 rings (SSSR count). The fourth-order valence-electron chi connectivity index (χ4n) is 1.51. The molecule has 0 atom stereocenters. The van der Waals surface area contributed by atoms with E-state index in [1.165, 1.54) is 6.20 Å². The lowest BCUT2D eigenvalue weighted by atomic mass is 9.91. The van der Waals surface area contributed by atoms with Crippen LogP contribution in [0, 0.1) is 11.3 Å². The van der Waals surface area contributed by atoms with Gasteiger partial charge in [-0.25, -0.2) is 4.98 Å². The highest BCUT2D eigenvalue weighted by atomic mass is 16.5. The molecule has 0 aliphatic carbocycles. The molecule has 0 spiro atoms. The van der Waals surface area contributed by atoms with E-state index in [-0.39, 0.29) is 6.61 Å². The summed E-state index contributed by atoms with van der Waals surface area (Å²) in [5.41, 5.74) is 2.32. The molecule has 2 aromatic rings. The highest BCUT2D eigenvalue weighted by Crippen LogP contribution is 2.19. The van der Waals surface area contributed by atoms with Crippen LogP contribution < -0.4 is 10.2 Å². The Morgan fingerprint density at radius 3 is 2.78 bits per heavy atom. The molecule has 1 aromatic carbocycles. The monoisotopic (exact) mass is 238 g/mol. The SMILES string of the molecule is Bc1ccc(Oc2ccc(C#N)cn2)cc1CO. The Morgan fingerprint density at radius 2 is 2.17 bits per heavy atom. The molecule has 0 unspecified atom stereocenters. The minimum atomic E-state index is -0.0240. The molecule has 0 aliphatic heterocycles. The van der Waals surface area contributed by atoms with E-state index in [1.54, 1.807) is 18.2 Å². The van der Waals surface area contributed by atoms with Gasteiger partial charge in [0.05, 0.1) is 12.2 Å². The summed E-state index contributed by atoms with van der Waals surface area (Å²) in [6.45, 7) is -0.0240. The maximum Gasteiger partial charge on any atom is 0.219 e. The number of nitriles is 1. The molecule has 5 heteroatoms.